The number of rotatable bonds is 7. The summed E-state index contributed by atoms with van der Waals surface area (Å²) in [5, 5.41) is 6.29. The van der Waals surface area contributed by atoms with Gasteiger partial charge in [-0.3, -0.25) is 9.78 Å². The molecular weight excluding hydrogens is 411 g/mol. The van der Waals surface area contributed by atoms with Crippen LogP contribution >= 0.6 is 12.2 Å². The highest BCUT2D eigenvalue weighted by molar-refractivity contribution is 7.80. The van der Waals surface area contributed by atoms with E-state index in [2.05, 4.69) is 29.5 Å². The Morgan fingerprint density at radius 1 is 1.16 bits per heavy atom. The number of aromatic nitrogens is 1. The van der Waals surface area contributed by atoms with E-state index in [9.17, 15) is 9.18 Å². The highest BCUT2D eigenvalue weighted by Crippen LogP contribution is 2.31. The van der Waals surface area contributed by atoms with Crippen LogP contribution < -0.4 is 16.4 Å². The van der Waals surface area contributed by atoms with Crippen LogP contribution in [0.1, 0.15) is 45.1 Å². The quantitative estimate of drug-likeness (QED) is 0.561. The van der Waals surface area contributed by atoms with E-state index >= 15 is 0 Å². The molecule has 1 atom stereocenters. The van der Waals surface area contributed by atoms with Gasteiger partial charge in [-0.05, 0) is 61.4 Å². The first-order chi connectivity index (χ1) is 14.8. The molecule has 4 N–H and O–H groups in total. The average molecular weight is 443 g/mol. The number of carbonyl (C=O) groups excluding carboxylic acids is 1. The van der Waals surface area contributed by atoms with Gasteiger partial charge < -0.3 is 16.4 Å². The molecule has 0 spiro atoms. The van der Waals surface area contributed by atoms with Crippen LogP contribution in [0.15, 0.2) is 48.8 Å². The lowest BCUT2D eigenvalue weighted by Gasteiger charge is -2.33. The van der Waals surface area contributed by atoms with Crippen LogP contribution in [0.25, 0.3) is 0 Å². The van der Waals surface area contributed by atoms with Gasteiger partial charge in [-0.2, -0.15) is 0 Å². The van der Waals surface area contributed by atoms with Crippen molar-refractivity contribution in [1.29, 1.82) is 0 Å². The maximum absolute atomic E-state index is 13.2. The minimum Gasteiger partial charge on any atom is -0.377 e. The molecule has 1 aromatic heterocycles. The van der Waals surface area contributed by atoms with Crippen molar-refractivity contribution >= 4 is 28.8 Å². The number of halogens is 1. The fraction of sp³-hybridized carbons (Fsp3) is 0.458. The zero-order valence-electron chi connectivity index (χ0n) is 18.1. The largest absolute Gasteiger partial charge is 0.377 e. The number of hydrogen-bond donors (Lipinski definition) is 3. The van der Waals surface area contributed by atoms with Crippen LogP contribution in [-0.2, 0) is 10.2 Å². The van der Waals surface area contributed by atoms with E-state index in [1.165, 1.54) is 12.1 Å². The maximum atomic E-state index is 13.2. The smallest absolute Gasteiger partial charge is 0.227 e. The number of nitrogens with two attached hydrogens (primary N) is 1. The van der Waals surface area contributed by atoms with Crippen molar-refractivity contribution in [3.05, 3.63) is 60.2 Å². The summed E-state index contributed by atoms with van der Waals surface area (Å²) in [5.74, 6) is 0.0737. The van der Waals surface area contributed by atoms with E-state index in [1.54, 1.807) is 36.7 Å². The van der Waals surface area contributed by atoms with Crippen LogP contribution in [0, 0.1) is 17.7 Å². The zero-order valence-corrected chi connectivity index (χ0v) is 18.9. The molecule has 0 bridgehead atoms. The lowest BCUT2D eigenvalue weighted by Crippen LogP contribution is -2.48. The summed E-state index contributed by atoms with van der Waals surface area (Å²) in [6.07, 6.45) is 6.68. The fourth-order valence-electron chi connectivity index (χ4n) is 4.06. The molecule has 2 aromatic rings. The second-order valence-electron chi connectivity index (χ2n) is 8.97. The number of pyridine rings is 1. The molecule has 7 heteroatoms. The molecule has 1 saturated carbocycles. The molecule has 1 aliphatic rings. The Balaban J connectivity index is 1.46. The lowest BCUT2D eigenvalue weighted by molar-refractivity contribution is -0.121. The van der Waals surface area contributed by atoms with Crippen LogP contribution in [-0.4, -0.2) is 28.5 Å². The lowest BCUT2D eigenvalue weighted by atomic mass is 9.78. The Hall–Kier alpha value is -2.38. The predicted molar refractivity (Wildman–Crippen MR) is 126 cm³/mol. The van der Waals surface area contributed by atoms with Gasteiger partial charge in [-0.1, -0.05) is 38.2 Å². The molecule has 1 aromatic carbocycles. The van der Waals surface area contributed by atoms with Crippen molar-refractivity contribution in [3.8, 4) is 0 Å². The van der Waals surface area contributed by atoms with Crippen LogP contribution in [0.4, 0.5) is 10.1 Å². The summed E-state index contributed by atoms with van der Waals surface area (Å²) in [6, 6.07) is 9.91. The average Bonchev–Trinajstić information content (AvgIpc) is 2.78. The van der Waals surface area contributed by atoms with Crippen molar-refractivity contribution < 1.29 is 9.18 Å². The molecule has 0 saturated heterocycles. The third-order valence-electron chi connectivity index (χ3n) is 6.23. The topological polar surface area (TPSA) is 80.0 Å². The van der Waals surface area contributed by atoms with Gasteiger partial charge in [0.25, 0.3) is 0 Å². The molecular formula is C24H31FN4OS. The Morgan fingerprint density at radius 3 is 2.39 bits per heavy atom. The number of hydrogen-bond acceptors (Lipinski definition) is 4. The summed E-state index contributed by atoms with van der Waals surface area (Å²) in [5.41, 5.74) is 8.07. The normalized spacial score (nSPS) is 20.0. The van der Waals surface area contributed by atoms with Gasteiger partial charge in [0.2, 0.25) is 5.91 Å². The third-order valence-corrected chi connectivity index (χ3v) is 6.65. The predicted octanol–water partition coefficient (Wildman–Crippen LogP) is 4.19. The van der Waals surface area contributed by atoms with E-state index in [0.717, 1.165) is 36.9 Å². The number of benzene rings is 1. The summed E-state index contributed by atoms with van der Waals surface area (Å²) in [6.45, 7) is 4.80. The second kappa shape index (κ2) is 10.3. The number of thiocarbonyl (C=S) groups is 1. The van der Waals surface area contributed by atoms with Crippen molar-refractivity contribution in [2.24, 2.45) is 17.6 Å². The van der Waals surface area contributed by atoms with E-state index in [-0.39, 0.29) is 35.0 Å². The third kappa shape index (κ3) is 6.31. The Bertz CT molecular complexity index is 880. The van der Waals surface area contributed by atoms with Crippen molar-refractivity contribution in [2.75, 3.05) is 11.9 Å². The van der Waals surface area contributed by atoms with Crippen LogP contribution in [0.5, 0.6) is 0 Å². The maximum Gasteiger partial charge on any atom is 0.227 e. The minimum atomic E-state index is -0.241. The summed E-state index contributed by atoms with van der Waals surface area (Å²) in [7, 11) is 0. The van der Waals surface area contributed by atoms with E-state index in [1.807, 2.05) is 0 Å². The summed E-state index contributed by atoms with van der Waals surface area (Å²) < 4.78 is 13.2. The van der Waals surface area contributed by atoms with Gasteiger partial charge in [-0.25, -0.2) is 4.39 Å². The zero-order chi connectivity index (χ0) is 22.4. The minimum absolute atomic E-state index is 0.00412. The van der Waals surface area contributed by atoms with Gasteiger partial charge >= 0.3 is 0 Å². The first kappa shape index (κ1) is 23.3. The molecule has 1 heterocycles. The monoisotopic (exact) mass is 442 g/mol. The van der Waals surface area contributed by atoms with Crippen molar-refractivity contribution in [1.82, 2.24) is 10.3 Å². The van der Waals surface area contributed by atoms with E-state index in [4.69, 9.17) is 18.0 Å². The highest BCUT2D eigenvalue weighted by atomic mass is 32.1. The summed E-state index contributed by atoms with van der Waals surface area (Å²) in [4.78, 5) is 17.1. The van der Waals surface area contributed by atoms with Crippen LogP contribution in [0.2, 0.25) is 0 Å². The molecule has 1 amide bonds. The fourth-order valence-corrected chi connectivity index (χ4v) is 4.33. The Kier molecular flexibility index (Phi) is 7.73. The first-order valence-corrected chi connectivity index (χ1v) is 11.2. The molecule has 166 valence electrons. The highest BCUT2D eigenvalue weighted by Gasteiger charge is 2.31. The van der Waals surface area contributed by atoms with Gasteiger partial charge in [0.05, 0.1) is 11.0 Å². The molecule has 3 rings (SSSR count). The van der Waals surface area contributed by atoms with Crippen LogP contribution in [0.3, 0.4) is 0 Å². The summed E-state index contributed by atoms with van der Waals surface area (Å²) >= 11 is 5.58. The number of nitrogens with zero attached hydrogens (tertiary/aromatic N) is 1. The standard InChI is InChI=1S/C24H31FN4OS/c1-24(2,18-7-9-19(25)10-8-18)15-28-23(31)21(26)16-3-5-17(6-4-16)22(30)29-20-11-13-27-14-12-20/h7-14,16-17,21H,3-6,15,26H2,1-2H3,(H,28,31)(H,27,29,30). The van der Waals surface area contributed by atoms with E-state index in [0.29, 0.717) is 11.5 Å². The molecule has 1 unspecified atom stereocenters. The Morgan fingerprint density at radius 2 is 1.77 bits per heavy atom. The molecule has 1 fully saturated rings. The van der Waals surface area contributed by atoms with Gasteiger partial charge in [-0.15, -0.1) is 0 Å². The number of nitrogens with one attached hydrogen (secondary N) is 2. The number of anilines is 1. The Labute approximate surface area is 189 Å². The van der Waals surface area contributed by atoms with Crippen molar-refractivity contribution in [2.45, 2.75) is 51.0 Å². The second-order valence-corrected chi connectivity index (χ2v) is 9.41. The number of carbonyl (C=O) groups is 1. The number of amides is 1. The van der Waals surface area contributed by atoms with Gasteiger partial charge in [0, 0.05) is 36.0 Å². The van der Waals surface area contributed by atoms with E-state index < -0.39 is 0 Å². The molecule has 31 heavy (non-hydrogen) atoms. The first-order valence-electron chi connectivity index (χ1n) is 10.8. The molecule has 0 radical (unpaired) electrons. The molecule has 1 aliphatic carbocycles. The SMILES string of the molecule is CC(C)(CNC(=S)C(N)C1CCC(C(=O)Nc2ccncc2)CC1)c1ccc(F)cc1. The molecule has 0 aliphatic heterocycles. The van der Waals surface area contributed by atoms with Crippen molar-refractivity contribution in [3.63, 3.8) is 0 Å². The van der Waals surface area contributed by atoms with Gasteiger partial charge in [0.15, 0.2) is 0 Å². The van der Waals surface area contributed by atoms with Gasteiger partial charge in [0.1, 0.15) is 5.82 Å². The molecule has 5 nitrogen and oxygen atoms in total.